The Kier molecular flexibility index (Phi) is 18.4. The number of ether oxygens (including phenoxy) is 5. The largest absolute Gasteiger partial charge is 0.416 e. The molecular formula is C49H80O6Si. The van der Waals surface area contributed by atoms with Gasteiger partial charge in [0.25, 0.3) is 0 Å². The maximum atomic E-state index is 7.08. The van der Waals surface area contributed by atoms with E-state index in [9.17, 15) is 0 Å². The van der Waals surface area contributed by atoms with Gasteiger partial charge >= 0.3 is 0 Å². The number of hydrogen-bond donors (Lipinski definition) is 0. The maximum Gasteiger partial charge on any atom is 0.192 e. The van der Waals surface area contributed by atoms with Crippen LogP contribution in [-0.2, 0) is 34.7 Å². The van der Waals surface area contributed by atoms with E-state index in [4.69, 9.17) is 28.1 Å². The Morgan fingerprint density at radius 2 is 1.68 bits per heavy atom. The SMILES string of the molecule is CC=CC(CC(CCC=C(C)C)C1C(OC2CCCCO2)CC2CC(C(CCCCOCc3ccccc3)CO[Si](C)(C)C(C)(C)C)=CC21)OC1CCCCO1. The summed E-state index contributed by atoms with van der Waals surface area (Å²) in [6.45, 7) is 22.4. The molecule has 0 amide bonds. The van der Waals surface area contributed by atoms with Crippen molar-refractivity contribution in [1.82, 2.24) is 0 Å². The smallest absolute Gasteiger partial charge is 0.192 e. The summed E-state index contributed by atoms with van der Waals surface area (Å²) in [5, 5.41) is 0.187. The Hall–Kier alpha value is -1.58. The van der Waals surface area contributed by atoms with Crippen molar-refractivity contribution >= 4 is 8.32 Å². The zero-order valence-corrected chi connectivity index (χ0v) is 37.8. The van der Waals surface area contributed by atoms with Crippen LogP contribution in [0.4, 0.5) is 0 Å². The van der Waals surface area contributed by atoms with Gasteiger partial charge in [0.05, 0.1) is 18.8 Å². The monoisotopic (exact) mass is 793 g/mol. The summed E-state index contributed by atoms with van der Waals surface area (Å²) in [6.07, 6.45) is 25.2. The van der Waals surface area contributed by atoms with Crippen LogP contribution in [0.3, 0.4) is 0 Å². The number of unbranched alkanes of at least 4 members (excludes halogenated alkanes) is 1. The van der Waals surface area contributed by atoms with Gasteiger partial charge in [0.1, 0.15) is 0 Å². The van der Waals surface area contributed by atoms with Crippen LogP contribution < -0.4 is 0 Å². The first-order valence-corrected chi connectivity index (χ1v) is 25.6. The molecule has 0 bridgehead atoms. The number of hydrogen-bond acceptors (Lipinski definition) is 6. The van der Waals surface area contributed by atoms with Crippen LogP contribution in [0, 0.1) is 29.6 Å². The van der Waals surface area contributed by atoms with Gasteiger partial charge in [-0.05, 0) is 152 Å². The third kappa shape index (κ3) is 14.0. The normalized spacial score (nSPS) is 27.5. The van der Waals surface area contributed by atoms with E-state index >= 15 is 0 Å². The van der Waals surface area contributed by atoms with Crippen LogP contribution >= 0.6 is 0 Å². The van der Waals surface area contributed by atoms with Crippen molar-refractivity contribution in [3.8, 4) is 0 Å². The minimum atomic E-state index is -1.90. The molecule has 0 N–H and O–H groups in total. The highest BCUT2D eigenvalue weighted by Crippen LogP contribution is 2.54. The molecule has 1 saturated carbocycles. The van der Waals surface area contributed by atoms with E-state index in [-0.39, 0.29) is 29.8 Å². The van der Waals surface area contributed by atoms with E-state index in [0.29, 0.717) is 36.2 Å². The van der Waals surface area contributed by atoms with Crippen LogP contribution in [0.5, 0.6) is 0 Å². The van der Waals surface area contributed by atoms with Gasteiger partial charge in [0.2, 0.25) is 0 Å². The molecule has 0 radical (unpaired) electrons. The minimum absolute atomic E-state index is 0.0325. The molecule has 1 aromatic rings. The summed E-state index contributed by atoms with van der Waals surface area (Å²) in [6, 6.07) is 10.5. The summed E-state index contributed by atoms with van der Waals surface area (Å²) >= 11 is 0. The topological polar surface area (TPSA) is 55.4 Å². The molecule has 9 atom stereocenters. The van der Waals surface area contributed by atoms with Gasteiger partial charge in [-0.15, -0.1) is 0 Å². The predicted octanol–water partition coefficient (Wildman–Crippen LogP) is 12.7. The van der Waals surface area contributed by atoms with Crippen molar-refractivity contribution in [3.05, 3.63) is 71.3 Å². The third-order valence-electron chi connectivity index (χ3n) is 13.5. The lowest BCUT2D eigenvalue weighted by atomic mass is 9.76. The molecule has 4 aliphatic rings. The number of benzene rings is 1. The van der Waals surface area contributed by atoms with Crippen molar-refractivity contribution in [2.75, 3.05) is 26.4 Å². The lowest BCUT2D eigenvalue weighted by Gasteiger charge is -2.38. The summed E-state index contributed by atoms with van der Waals surface area (Å²) in [4.78, 5) is 0. The first-order valence-electron chi connectivity index (χ1n) is 22.7. The molecule has 2 heterocycles. The number of fused-ring (bicyclic) bond motifs is 1. The lowest BCUT2D eigenvalue weighted by Crippen LogP contribution is -2.42. The average Bonchev–Trinajstić information content (AvgIpc) is 3.72. The second-order valence-electron chi connectivity index (χ2n) is 19.2. The molecule has 9 unspecified atom stereocenters. The summed E-state index contributed by atoms with van der Waals surface area (Å²) in [7, 11) is -1.90. The fraction of sp³-hybridized carbons (Fsp3) is 0.755. The van der Waals surface area contributed by atoms with Crippen LogP contribution in [0.1, 0.15) is 137 Å². The van der Waals surface area contributed by atoms with Gasteiger partial charge in [0, 0.05) is 32.3 Å². The molecule has 7 heteroatoms. The highest BCUT2D eigenvalue weighted by atomic mass is 28.4. The van der Waals surface area contributed by atoms with Crippen molar-refractivity contribution in [2.24, 2.45) is 29.6 Å². The standard InChI is InChI=1S/C49H80O6Si/c1-9-20-43(54-46-26-14-17-29-51-46)32-39(25-19-21-37(2)3)48-44-33-41(31-42(44)34-45(48)55-47-27-15-18-30-52-47)40(36-53-56(7,8)49(4,5)6)24-13-16-28-50-35-38-22-11-10-12-23-38/h9-12,20-23,33,39-40,42-48H,13-19,24-32,34-36H2,1-8H3. The molecule has 2 saturated heterocycles. The summed E-state index contributed by atoms with van der Waals surface area (Å²) < 4.78 is 39.4. The quantitative estimate of drug-likeness (QED) is 0.0662. The van der Waals surface area contributed by atoms with E-state index in [1.54, 1.807) is 5.57 Å². The molecule has 316 valence electrons. The maximum absolute atomic E-state index is 7.08. The molecule has 0 aromatic heterocycles. The van der Waals surface area contributed by atoms with Crippen molar-refractivity contribution in [3.63, 3.8) is 0 Å². The van der Waals surface area contributed by atoms with E-state index in [1.165, 1.54) is 24.0 Å². The van der Waals surface area contributed by atoms with E-state index in [2.05, 4.69) is 109 Å². The van der Waals surface area contributed by atoms with Crippen LogP contribution in [0.25, 0.3) is 0 Å². The lowest BCUT2D eigenvalue weighted by molar-refractivity contribution is -0.202. The molecule has 2 aliphatic carbocycles. The van der Waals surface area contributed by atoms with Gasteiger partial charge in [0.15, 0.2) is 20.9 Å². The van der Waals surface area contributed by atoms with Crippen LogP contribution in [-0.4, -0.2) is 59.5 Å². The van der Waals surface area contributed by atoms with Gasteiger partial charge in [-0.25, -0.2) is 0 Å². The molecule has 1 aromatic carbocycles. The summed E-state index contributed by atoms with van der Waals surface area (Å²) in [5.41, 5.74) is 4.28. The molecule has 6 nitrogen and oxygen atoms in total. The van der Waals surface area contributed by atoms with E-state index in [1.807, 2.05) is 0 Å². The third-order valence-corrected chi connectivity index (χ3v) is 18.0. The molecule has 0 spiro atoms. The minimum Gasteiger partial charge on any atom is -0.416 e. The van der Waals surface area contributed by atoms with Gasteiger partial charge < -0.3 is 28.1 Å². The van der Waals surface area contributed by atoms with Crippen molar-refractivity contribution in [2.45, 2.75) is 181 Å². The Morgan fingerprint density at radius 1 is 0.946 bits per heavy atom. The van der Waals surface area contributed by atoms with Gasteiger partial charge in [-0.1, -0.05) is 93.0 Å². The molecule has 5 rings (SSSR count). The van der Waals surface area contributed by atoms with Crippen molar-refractivity contribution in [1.29, 1.82) is 0 Å². The predicted molar refractivity (Wildman–Crippen MR) is 233 cm³/mol. The Morgan fingerprint density at radius 3 is 2.34 bits per heavy atom. The first kappa shape index (κ1) is 45.5. The fourth-order valence-electron chi connectivity index (χ4n) is 9.36. The zero-order chi connectivity index (χ0) is 40.0. The van der Waals surface area contributed by atoms with Crippen LogP contribution in [0.2, 0.25) is 18.1 Å². The molecule has 2 aliphatic heterocycles. The highest BCUT2D eigenvalue weighted by Gasteiger charge is 2.50. The summed E-state index contributed by atoms with van der Waals surface area (Å²) in [5.74, 6) is 2.42. The second-order valence-corrected chi connectivity index (χ2v) is 24.0. The number of rotatable bonds is 22. The molecular weight excluding hydrogens is 713 g/mol. The van der Waals surface area contributed by atoms with E-state index in [0.717, 1.165) is 103 Å². The van der Waals surface area contributed by atoms with Gasteiger partial charge in [-0.2, -0.15) is 0 Å². The fourth-order valence-corrected chi connectivity index (χ4v) is 10.4. The first-order chi connectivity index (χ1) is 26.9. The Balaban J connectivity index is 1.37. The zero-order valence-electron chi connectivity index (χ0n) is 36.8. The Labute approximate surface area is 343 Å². The highest BCUT2D eigenvalue weighted by molar-refractivity contribution is 6.74. The average molecular weight is 793 g/mol. The second kappa shape index (κ2) is 22.7. The Bertz CT molecular complexity index is 1350. The molecule has 56 heavy (non-hydrogen) atoms. The van der Waals surface area contributed by atoms with Crippen LogP contribution in [0.15, 0.2) is 65.8 Å². The van der Waals surface area contributed by atoms with Crippen molar-refractivity contribution < 1.29 is 28.1 Å². The van der Waals surface area contributed by atoms with E-state index < -0.39 is 8.32 Å². The van der Waals surface area contributed by atoms with Gasteiger partial charge in [-0.3, -0.25) is 0 Å². The molecule has 3 fully saturated rings. The number of allylic oxidation sites excluding steroid dienone is 4.